The van der Waals surface area contributed by atoms with Gasteiger partial charge in [0.15, 0.2) is 4.90 Å². The lowest BCUT2D eigenvalue weighted by Crippen LogP contribution is -2.28. The summed E-state index contributed by atoms with van der Waals surface area (Å²) in [5.41, 5.74) is 2.07. The van der Waals surface area contributed by atoms with Crippen LogP contribution in [0, 0.1) is 10.1 Å². The van der Waals surface area contributed by atoms with Gasteiger partial charge < -0.3 is 5.43 Å². The highest BCUT2D eigenvalue weighted by atomic mass is 32.2. The Balaban J connectivity index is 2.52. The van der Waals surface area contributed by atoms with Gasteiger partial charge in [-0.3, -0.25) is 16.0 Å². The number of hydrogen-bond acceptors (Lipinski definition) is 6. The van der Waals surface area contributed by atoms with Crippen LogP contribution < -0.4 is 11.3 Å². The lowest BCUT2D eigenvalue weighted by Gasteiger charge is -2.15. The van der Waals surface area contributed by atoms with E-state index in [1.807, 2.05) is 0 Å². The van der Waals surface area contributed by atoms with Crippen molar-refractivity contribution in [3.8, 4) is 0 Å². The van der Waals surface area contributed by atoms with Gasteiger partial charge in [-0.2, -0.15) is 4.31 Å². The molecule has 0 aromatic heterocycles. The number of nitrogen functional groups attached to an aromatic ring is 1. The quantitative estimate of drug-likeness (QED) is 0.477. The maximum atomic E-state index is 12.3. The second-order valence-corrected chi connectivity index (χ2v) is 6.10. The fourth-order valence-corrected chi connectivity index (χ4v) is 3.69. The van der Waals surface area contributed by atoms with Crippen LogP contribution in [0.25, 0.3) is 0 Å². The summed E-state index contributed by atoms with van der Waals surface area (Å²) < 4.78 is 25.9. The van der Waals surface area contributed by atoms with Gasteiger partial charge in [0.05, 0.1) is 10.6 Å². The molecule has 104 valence electrons. The first-order valence-corrected chi connectivity index (χ1v) is 7.16. The summed E-state index contributed by atoms with van der Waals surface area (Å²) in [5.74, 6) is 5.17. The van der Waals surface area contributed by atoms with Gasteiger partial charge in [0.2, 0.25) is 10.0 Å². The maximum absolute atomic E-state index is 12.3. The third-order valence-electron chi connectivity index (χ3n) is 3.01. The van der Waals surface area contributed by atoms with Crippen LogP contribution >= 0.6 is 0 Å². The van der Waals surface area contributed by atoms with Gasteiger partial charge in [-0.05, 0) is 25.0 Å². The average Bonchev–Trinajstić information content (AvgIpc) is 2.92. The summed E-state index contributed by atoms with van der Waals surface area (Å²) in [7, 11) is -3.82. The van der Waals surface area contributed by atoms with E-state index in [2.05, 4.69) is 5.43 Å². The number of benzene rings is 1. The second kappa shape index (κ2) is 5.11. The Kier molecular flexibility index (Phi) is 3.69. The molecule has 19 heavy (non-hydrogen) atoms. The third-order valence-corrected chi connectivity index (χ3v) is 4.95. The molecule has 0 atom stereocenters. The number of sulfonamides is 1. The van der Waals surface area contributed by atoms with Gasteiger partial charge >= 0.3 is 0 Å². The maximum Gasteiger partial charge on any atom is 0.291 e. The van der Waals surface area contributed by atoms with E-state index in [1.54, 1.807) is 0 Å². The molecule has 0 amide bonds. The van der Waals surface area contributed by atoms with Crippen LogP contribution in [0.1, 0.15) is 12.8 Å². The number of nitro groups is 1. The highest BCUT2D eigenvalue weighted by Gasteiger charge is 2.33. The van der Waals surface area contributed by atoms with Crippen LogP contribution in [0.5, 0.6) is 0 Å². The van der Waals surface area contributed by atoms with Crippen molar-refractivity contribution in [1.82, 2.24) is 4.31 Å². The van der Waals surface area contributed by atoms with Gasteiger partial charge in [0, 0.05) is 19.2 Å². The molecule has 1 fully saturated rings. The van der Waals surface area contributed by atoms with Crippen LogP contribution in [0.4, 0.5) is 11.4 Å². The van der Waals surface area contributed by atoms with Crippen molar-refractivity contribution in [3.05, 3.63) is 28.3 Å². The van der Waals surface area contributed by atoms with Crippen molar-refractivity contribution in [2.75, 3.05) is 18.5 Å². The molecule has 0 unspecified atom stereocenters. The standard InChI is InChI=1S/C10H14N4O4S/c11-12-8-3-4-10(9(7-8)14(15)16)19(17,18)13-5-1-2-6-13/h3-4,7,12H,1-2,5-6,11H2. The molecule has 0 bridgehead atoms. The molecule has 1 aromatic rings. The normalized spacial score (nSPS) is 16.5. The Morgan fingerprint density at radius 2 is 1.95 bits per heavy atom. The van der Waals surface area contributed by atoms with Crippen molar-refractivity contribution < 1.29 is 13.3 Å². The summed E-state index contributed by atoms with van der Waals surface area (Å²) >= 11 is 0. The zero-order valence-corrected chi connectivity index (χ0v) is 10.9. The van der Waals surface area contributed by atoms with Crippen LogP contribution in [-0.2, 0) is 10.0 Å². The fraction of sp³-hybridized carbons (Fsp3) is 0.400. The van der Waals surface area contributed by atoms with E-state index >= 15 is 0 Å². The highest BCUT2D eigenvalue weighted by molar-refractivity contribution is 7.89. The number of nitrogens with one attached hydrogen (secondary N) is 1. The predicted molar refractivity (Wildman–Crippen MR) is 68.9 cm³/mol. The minimum Gasteiger partial charge on any atom is -0.324 e. The smallest absolute Gasteiger partial charge is 0.291 e. The molecule has 1 aliphatic heterocycles. The monoisotopic (exact) mass is 286 g/mol. The Hall–Kier alpha value is -1.71. The van der Waals surface area contributed by atoms with E-state index in [0.717, 1.165) is 18.9 Å². The Morgan fingerprint density at radius 3 is 2.47 bits per heavy atom. The van der Waals surface area contributed by atoms with E-state index < -0.39 is 20.6 Å². The zero-order valence-electron chi connectivity index (χ0n) is 10.1. The van der Waals surface area contributed by atoms with Gasteiger partial charge in [-0.25, -0.2) is 8.42 Å². The van der Waals surface area contributed by atoms with Crippen molar-refractivity contribution in [1.29, 1.82) is 0 Å². The van der Waals surface area contributed by atoms with Crippen molar-refractivity contribution >= 4 is 21.4 Å². The van der Waals surface area contributed by atoms with E-state index in [1.165, 1.54) is 16.4 Å². The van der Waals surface area contributed by atoms with Gasteiger partial charge in [0.1, 0.15) is 0 Å². The second-order valence-electron chi connectivity index (χ2n) is 4.20. The van der Waals surface area contributed by atoms with E-state index in [4.69, 9.17) is 5.84 Å². The topological polar surface area (TPSA) is 119 Å². The van der Waals surface area contributed by atoms with Crippen LogP contribution in [0.2, 0.25) is 0 Å². The number of anilines is 1. The molecule has 0 radical (unpaired) electrons. The fourth-order valence-electron chi connectivity index (χ4n) is 2.04. The van der Waals surface area contributed by atoms with Crippen LogP contribution in [0.15, 0.2) is 23.1 Å². The molecule has 1 aliphatic rings. The lowest BCUT2D eigenvalue weighted by molar-refractivity contribution is -0.387. The summed E-state index contributed by atoms with van der Waals surface area (Å²) in [6.45, 7) is 0.798. The molecule has 1 aromatic carbocycles. The molecule has 0 spiro atoms. The molecule has 1 saturated heterocycles. The first kappa shape index (κ1) is 13.7. The molecular formula is C10H14N4O4S. The molecule has 1 heterocycles. The van der Waals surface area contributed by atoms with Gasteiger partial charge in [0.25, 0.3) is 5.69 Å². The van der Waals surface area contributed by atoms with Crippen LogP contribution in [-0.4, -0.2) is 30.7 Å². The minimum atomic E-state index is -3.82. The van der Waals surface area contributed by atoms with Gasteiger partial charge in [-0.1, -0.05) is 0 Å². The SMILES string of the molecule is NNc1ccc(S(=O)(=O)N2CCCC2)c([N+](=O)[O-])c1. The molecule has 0 aliphatic carbocycles. The zero-order chi connectivity index (χ0) is 14.0. The minimum absolute atomic E-state index is 0.284. The summed E-state index contributed by atoms with van der Waals surface area (Å²) in [6.07, 6.45) is 1.55. The van der Waals surface area contributed by atoms with Crippen molar-refractivity contribution in [2.45, 2.75) is 17.7 Å². The molecule has 2 rings (SSSR count). The van der Waals surface area contributed by atoms with Crippen LogP contribution in [0.3, 0.4) is 0 Å². The molecule has 3 N–H and O–H groups in total. The number of rotatable bonds is 4. The summed E-state index contributed by atoms with van der Waals surface area (Å²) in [6, 6.07) is 3.72. The largest absolute Gasteiger partial charge is 0.324 e. The first-order valence-electron chi connectivity index (χ1n) is 5.72. The van der Waals surface area contributed by atoms with E-state index in [-0.39, 0.29) is 10.6 Å². The number of nitrogens with two attached hydrogens (primary N) is 1. The highest BCUT2D eigenvalue weighted by Crippen LogP contribution is 2.30. The average molecular weight is 286 g/mol. The molecule has 9 heteroatoms. The molecule has 8 nitrogen and oxygen atoms in total. The Bertz CT molecular complexity index is 596. The summed E-state index contributed by atoms with van der Waals surface area (Å²) in [4.78, 5) is 9.99. The van der Waals surface area contributed by atoms with E-state index in [0.29, 0.717) is 13.1 Å². The number of nitrogens with zero attached hydrogens (tertiary/aromatic N) is 2. The molecular weight excluding hydrogens is 272 g/mol. The van der Waals surface area contributed by atoms with Crippen molar-refractivity contribution in [3.63, 3.8) is 0 Å². The number of nitro benzene ring substituents is 1. The number of hydrazine groups is 1. The Labute approximate surface area is 110 Å². The predicted octanol–water partition coefficient (Wildman–Crippen LogP) is 0.665. The van der Waals surface area contributed by atoms with Crippen molar-refractivity contribution in [2.24, 2.45) is 5.84 Å². The van der Waals surface area contributed by atoms with Gasteiger partial charge in [-0.15, -0.1) is 0 Å². The first-order chi connectivity index (χ1) is 8.96. The number of hydrogen-bond donors (Lipinski definition) is 2. The lowest BCUT2D eigenvalue weighted by atomic mass is 10.3. The van der Waals surface area contributed by atoms with E-state index in [9.17, 15) is 18.5 Å². The molecule has 0 saturated carbocycles. The summed E-state index contributed by atoms with van der Waals surface area (Å²) in [5, 5.41) is 11.0. The Morgan fingerprint density at radius 1 is 1.32 bits per heavy atom. The third kappa shape index (κ3) is 2.53.